The number of hydrogen-bond donors (Lipinski definition) is 0. The van der Waals surface area contributed by atoms with Crippen molar-refractivity contribution in [1.82, 2.24) is 4.98 Å². The number of carbonyl (C=O) groups excluding carboxylic acids is 1. The molecule has 1 radical (unpaired) electrons. The van der Waals surface area contributed by atoms with Crippen LogP contribution in [0, 0.1) is 6.20 Å². The predicted octanol–water partition coefficient (Wildman–Crippen LogP) is 1.84. The summed E-state index contributed by atoms with van der Waals surface area (Å²) < 4.78 is 4.98. The second kappa shape index (κ2) is 5.30. The molecule has 1 heterocycles. The molecule has 0 N–H and O–H groups in total. The van der Waals surface area contributed by atoms with Crippen LogP contribution in [0.25, 0.3) is 0 Å². The van der Waals surface area contributed by atoms with Crippen LogP contribution in [0.3, 0.4) is 0 Å². The highest BCUT2D eigenvalue weighted by atomic mass is 16.5. The average Bonchev–Trinajstić information content (AvgIpc) is 2.19. The summed E-state index contributed by atoms with van der Waals surface area (Å²) in [6, 6.07) is 3.23. The highest BCUT2D eigenvalue weighted by Crippen LogP contribution is 1.99. The third kappa shape index (κ3) is 3.23. The van der Waals surface area contributed by atoms with E-state index in [-0.39, 0.29) is 5.97 Å². The number of carbonyl (C=O) groups is 1. The zero-order valence-corrected chi connectivity index (χ0v) is 7.62. The van der Waals surface area contributed by atoms with Crippen molar-refractivity contribution in [2.45, 2.75) is 19.8 Å². The van der Waals surface area contributed by atoms with Gasteiger partial charge in [0.05, 0.1) is 18.4 Å². The van der Waals surface area contributed by atoms with Gasteiger partial charge in [-0.05, 0) is 18.6 Å². The molecule has 0 aliphatic heterocycles. The fraction of sp³-hybridized carbons (Fsp3) is 0.400. The molecule has 69 valence electrons. The molecule has 0 bridgehead atoms. The van der Waals surface area contributed by atoms with Gasteiger partial charge in [0.1, 0.15) is 0 Å². The summed E-state index contributed by atoms with van der Waals surface area (Å²) in [4.78, 5) is 15.0. The van der Waals surface area contributed by atoms with Crippen LogP contribution in [-0.4, -0.2) is 17.6 Å². The Morgan fingerprint density at radius 2 is 2.54 bits per heavy atom. The number of esters is 1. The number of nitrogens with zero attached hydrogens (tertiary/aromatic N) is 1. The van der Waals surface area contributed by atoms with Crippen molar-refractivity contribution >= 4 is 5.97 Å². The topological polar surface area (TPSA) is 39.2 Å². The molecule has 1 aromatic rings. The van der Waals surface area contributed by atoms with E-state index in [0.717, 1.165) is 12.8 Å². The normalized spacial score (nSPS) is 9.62. The van der Waals surface area contributed by atoms with Crippen molar-refractivity contribution < 1.29 is 9.53 Å². The molecule has 0 saturated heterocycles. The van der Waals surface area contributed by atoms with Gasteiger partial charge in [0.25, 0.3) is 0 Å². The average molecular weight is 178 g/mol. The maximum Gasteiger partial charge on any atom is 0.339 e. The maximum absolute atomic E-state index is 11.2. The number of unbranched alkanes of at least 4 members (excludes halogenated alkanes) is 1. The summed E-state index contributed by atoms with van der Waals surface area (Å²) in [5.41, 5.74) is 0.481. The number of pyridine rings is 1. The molecule has 0 aliphatic carbocycles. The largest absolute Gasteiger partial charge is 0.462 e. The van der Waals surface area contributed by atoms with Gasteiger partial charge in [0, 0.05) is 6.20 Å². The van der Waals surface area contributed by atoms with Crippen molar-refractivity contribution in [1.29, 1.82) is 0 Å². The van der Waals surface area contributed by atoms with Crippen LogP contribution >= 0.6 is 0 Å². The first-order valence-electron chi connectivity index (χ1n) is 4.34. The lowest BCUT2D eigenvalue weighted by atomic mass is 10.3. The zero-order chi connectivity index (χ0) is 9.52. The molecular formula is C10H12NO2. The highest BCUT2D eigenvalue weighted by molar-refractivity contribution is 5.88. The molecule has 3 nitrogen and oxygen atoms in total. The molecule has 1 rings (SSSR count). The lowest BCUT2D eigenvalue weighted by Gasteiger charge is -2.02. The molecule has 0 saturated carbocycles. The van der Waals surface area contributed by atoms with E-state index in [0.29, 0.717) is 12.2 Å². The predicted molar refractivity (Wildman–Crippen MR) is 48.3 cm³/mol. The Morgan fingerprint density at radius 1 is 1.69 bits per heavy atom. The van der Waals surface area contributed by atoms with Gasteiger partial charge in [-0.2, -0.15) is 0 Å². The van der Waals surface area contributed by atoms with E-state index in [1.807, 2.05) is 6.92 Å². The van der Waals surface area contributed by atoms with E-state index in [1.54, 1.807) is 12.1 Å². The lowest BCUT2D eigenvalue weighted by molar-refractivity contribution is 0.0499. The molecule has 0 fully saturated rings. The molecule has 0 atom stereocenters. The highest BCUT2D eigenvalue weighted by Gasteiger charge is 2.04. The molecule has 0 aromatic carbocycles. The van der Waals surface area contributed by atoms with Crippen LogP contribution < -0.4 is 0 Å². The molecular weight excluding hydrogens is 166 g/mol. The van der Waals surface area contributed by atoms with Crippen molar-refractivity contribution in [3.05, 3.63) is 30.1 Å². The standard InChI is InChI=1S/C10H12NO2/c1-2-3-7-13-10(12)9-5-4-6-11-8-9/h4-5,8H,2-3,7H2,1H3. The van der Waals surface area contributed by atoms with Crippen LogP contribution in [0.15, 0.2) is 18.3 Å². The summed E-state index contributed by atoms with van der Waals surface area (Å²) in [7, 11) is 0. The summed E-state index contributed by atoms with van der Waals surface area (Å²) in [6.45, 7) is 2.53. The molecule has 13 heavy (non-hydrogen) atoms. The van der Waals surface area contributed by atoms with Gasteiger partial charge in [-0.25, -0.2) is 4.79 Å². The van der Waals surface area contributed by atoms with Crippen molar-refractivity contribution in [3.63, 3.8) is 0 Å². The fourth-order valence-electron chi connectivity index (χ4n) is 0.833. The third-order valence-electron chi connectivity index (χ3n) is 1.58. The fourth-order valence-corrected chi connectivity index (χ4v) is 0.833. The second-order valence-corrected chi connectivity index (χ2v) is 2.67. The van der Waals surface area contributed by atoms with Crippen LogP contribution in [-0.2, 0) is 4.74 Å². The Balaban J connectivity index is 2.40. The van der Waals surface area contributed by atoms with Gasteiger partial charge < -0.3 is 4.74 Å². The number of aromatic nitrogens is 1. The quantitative estimate of drug-likeness (QED) is 0.521. The van der Waals surface area contributed by atoms with Gasteiger partial charge in [-0.1, -0.05) is 13.3 Å². The molecule has 0 aliphatic rings. The third-order valence-corrected chi connectivity index (χ3v) is 1.58. The number of hydrogen-bond acceptors (Lipinski definition) is 3. The molecule has 0 amide bonds. The Labute approximate surface area is 77.8 Å². The van der Waals surface area contributed by atoms with E-state index in [1.165, 1.54) is 6.20 Å². The summed E-state index contributed by atoms with van der Waals surface area (Å²) in [6.07, 6.45) is 5.97. The molecule has 0 spiro atoms. The minimum absolute atomic E-state index is 0.310. The van der Waals surface area contributed by atoms with Crippen molar-refractivity contribution in [2.24, 2.45) is 0 Å². The van der Waals surface area contributed by atoms with E-state index < -0.39 is 0 Å². The Morgan fingerprint density at radius 3 is 3.15 bits per heavy atom. The van der Waals surface area contributed by atoms with Gasteiger partial charge in [-0.15, -0.1) is 0 Å². The summed E-state index contributed by atoms with van der Waals surface area (Å²) >= 11 is 0. The first-order chi connectivity index (χ1) is 6.34. The lowest BCUT2D eigenvalue weighted by Crippen LogP contribution is -2.06. The smallest absolute Gasteiger partial charge is 0.339 e. The van der Waals surface area contributed by atoms with E-state index in [9.17, 15) is 4.79 Å². The van der Waals surface area contributed by atoms with Crippen LogP contribution in [0.5, 0.6) is 0 Å². The summed E-state index contributed by atoms with van der Waals surface area (Å²) in [5.74, 6) is -0.310. The van der Waals surface area contributed by atoms with Crippen molar-refractivity contribution in [3.8, 4) is 0 Å². The SMILES string of the molecule is CCCCOC(=O)c1cc[c]nc1. The van der Waals surface area contributed by atoms with Gasteiger partial charge in [-0.3, -0.25) is 4.98 Å². The van der Waals surface area contributed by atoms with E-state index in [4.69, 9.17) is 4.74 Å². The first-order valence-corrected chi connectivity index (χ1v) is 4.34. The monoisotopic (exact) mass is 178 g/mol. The summed E-state index contributed by atoms with van der Waals surface area (Å²) in [5, 5.41) is 0. The first kappa shape index (κ1) is 9.71. The van der Waals surface area contributed by atoms with Gasteiger partial charge in [0.15, 0.2) is 0 Å². The molecule has 0 unspecified atom stereocenters. The number of rotatable bonds is 4. The second-order valence-electron chi connectivity index (χ2n) is 2.67. The Hall–Kier alpha value is -1.38. The molecule has 1 aromatic heterocycles. The van der Waals surface area contributed by atoms with Crippen LogP contribution in [0.2, 0.25) is 0 Å². The van der Waals surface area contributed by atoms with Gasteiger partial charge >= 0.3 is 5.97 Å². The van der Waals surface area contributed by atoms with Crippen LogP contribution in [0.1, 0.15) is 30.1 Å². The maximum atomic E-state index is 11.2. The Kier molecular flexibility index (Phi) is 3.96. The Bertz CT molecular complexity index is 259. The van der Waals surface area contributed by atoms with Crippen molar-refractivity contribution in [2.75, 3.05) is 6.61 Å². The van der Waals surface area contributed by atoms with Gasteiger partial charge in [0.2, 0.25) is 0 Å². The minimum atomic E-state index is -0.310. The number of ether oxygens (including phenoxy) is 1. The minimum Gasteiger partial charge on any atom is -0.462 e. The van der Waals surface area contributed by atoms with E-state index in [2.05, 4.69) is 11.2 Å². The van der Waals surface area contributed by atoms with Crippen LogP contribution in [0.4, 0.5) is 0 Å². The van der Waals surface area contributed by atoms with E-state index >= 15 is 0 Å². The zero-order valence-electron chi connectivity index (χ0n) is 7.62. The molecule has 3 heteroatoms.